The van der Waals surface area contributed by atoms with Gasteiger partial charge in [0, 0.05) is 0 Å². The molecule has 13 heavy (non-hydrogen) atoms. The summed E-state index contributed by atoms with van der Waals surface area (Å²) in [7, 11) is 0. The van der Waals surface area contributed by atoms with Crippen LogP contribution in [0.15, 0.2) is 4.99 Å². The van der Waals surface area contributed by atoms with Gasteiger partial charge in [0.25, 0.3) is 0 Å². The molecule has 0 unspecified atom stereocenters. The van der Waals surface area contributed by atoms with Crippen molar-refractivity contribution in [1.82, 2.24) is 0 Å². The Balaban J connectivity index is 2.12. The minimum absolute atomic E-state index is 0.262. The molecule has 1 aliphatic rings. The maximum Gasteiger partial charge on any atom is 0.0652 e. The zero-order chi connectivity index (χ0) is 9.90. The first-order valence-corrected chi connectivity index (χ1v) is 5.11. The second kappa shape index (κ2) is 4.32. The molecule has 0 aromatic rings. The minimum atomic E-state index is 0.262. The van der Waals surface area contributed by atoms with Crippen molar-refractivity contribution in [3.8, 4) is 0 Å². The maximum atomic E-state index is 5.70. The molecule has 74 valence electrons. The van der Waals surface area contributed by atoms with Gasteiger partial charge in [0.05, 0.1) is 23.9 Å². The highest BCUT2D eigenvalue weighted by molar-refractivity contribution is 7.78. The number of thiocarbonyl (C=S) groups is 1. The maximum absolute atomic E-state index is 5.70. The normalized spacial score (nSPS) is 27.6. The fraction of sp³-hybridized carbons (Fsp3) is 0.900. The molecule has 0 saturated heterocycles. The molecular weight excluding hydrogens is 182 g/mol. The van der Waals surface area contributed by atoms with Gasteiger partial charge >= 0.3 is 0 Å². The number of hydrogen-bond acceptors (Lipinski definition) is 3. The van der Waals surface area contributed by atoms with Gasteiger partial charge in [0.1, 0.15) is 0 Å². The second-order valence-corrected chi connectivity index (χ2v) is 5.02. The van der Waals surface area contributed by atoms with Gasteiger partial charge in [0.15, 0.2) is 0 Å². The van der Waals surface area contributed by atoms with Crippen LogP contribution in [-0.2, 0) is 4.74 Å². The van der Waals surface area contributed by atoms with Crippen LogP contribution in [-0.4, -0.2) is 23.9 Å². The molecule has 0 amide bonds. The van der Waals surface area contributed by atoms with Crippen molar-refractivity contribution in [2.24, 2.45) is 10.4 Å². The third-order valence-corrected chi connectivity index (χ3v) is 2.16. The van der Waals surface area contributed by atoms with Gasteiger partial charge in [-0.1, -0.05) is 20.8 Å². The molecule has 0 bridgehead atoms. The van der Waals surface area contributed by atoms with Gasteiger partial charge in [-0.05, 0) is 30.5 Å². The van der Waals surface area contributed by atoms with E-state index in [1.807, 2.05) is 0 Å². The van der Waals surface area contributed by atoms with Crippen molar-refractivity contribution < 1.29 is 4.74 Å². The number of rotatable bonds is 3. The molecular formula is C10H17NOS. The van der Waals surface area contributed by atoms with Gasteiger partial charge in [-0.3, -0.25) is 0 Å². The molecule has 2 nitrogen and oxygen atoms in total. The van der Waals surface area contributed by atoms with E-state index in [0.29, 0.717) is 12.1 Å². The van der Waals surface area contributed by atoms with Crippen LogP contribution in [0.4, 0.5) is 0 Å². The fourth-order valence-corrected chi connectivity index (χ4v) is 1.37. The summed E-state index contributed by atoms with van der Waals surface area (Å²) in [6.07, 6.45) is 2.43. The summed E-state index contributed by atoms with van der Waals surface area (Å²) < 4.78 is 5.70. The minimum Gasteiger partial charge on any atom is -0.378 e. The summed E-state index contributed by atoms with van der Waals surface area (Å²) in [5.41, 5.74) is 0.262. The molecule has 0 radical (unpaired) electrons. The number of ether oxygens (including phenoxy) is 1. The smallest absolute Gasteiger partial charge is 0.0652 e. The van der Waals surface area contributed by atoms with Gasteiger partial charge in [-0.25, -0.2) is 4.99 Å². The predicted octanol–water partition coefficient (Wildman–Crippen LogP) is 2.68. The predicted molar refractivity (Wildman–Crippen MR) is 57.2 cm³/mol. The average Bonchev–Trinajstić information content (AvgIpc) is 1.91. The SMILES string of the molecule is CC(C)(C)CO[C@H]1C[C@H](N=C=S)C1. The van der Waals surface area contributed by atoms with Gasteiger partial charge < -0.3 is 4.74 Å². The molecule has 0 atom stereocenters. The van der Waals surface area contributed by atoms with Crippen LogP contribution >= 0.6 is 12.2 Å². The summed E-state index contributed by atoms with van der Waals surface area (Å²) in [5.74, 6) is 0. The van der Waals surface area contributed by atoms with Gasteiger partial charge in [-0.2, -0.15) is 0 Å². The average molecular weight is 199 g/mol. The van der Waals surface area contributed by atoms with Crippen molar-refractivity contribution in [3.63, 3.8) is 0 Å². The Morgan fingerprint density at radius 2 is 2.08 bits per heavy atom. The highest BCUT2D eigenvalue weighted by Gasteiger charge is 2.30. The molecule has 1 aliphatic carbocycles. The first-order valence-electron chi connectivity index (χ1n) is 4.70. The second-order valence-electron chi connectivity index (χ2n) is 4.84. The number of hydrogen-bond donors (Lipinski definition) is 0. The van der Waals surface area contributed by atoms with E-state index >= 15 is 0 Å². The monoisotopic (exact) mass is 199 g/mol. The number of isothiocyanates is 1. The van der Waals surface area contributed by atoms with E-state index in [1.165, 1.54) is 0 Å². The molecule has 3 heteroatoms. The third-order valence-electron chi connectivity index (χ3n) is 2.06. The summed E-state index contributed by atoms with van der Waals surface area (Å²) in [6.45, 7) is 7.36. The largest absolute Gasteiger partial charge is 0.378 e. The topological polar surface area (TPSA) is 21.6 Å². The number of aliphatic imine (C=N–C) groups is 1. The molecule has 0 aromatic carbocycles. The molecule has 0 aliphatic heterocycles. The van der Waals surface area contributed by atoms with Crippen LogP contribution in [0.25, 0.3) is 0 Å². The summed E-state index contributed by atoms with van der Waals surface area (Å²) >= 11 is 4.53. The van der Waals surface area contributed by atoms with Crippen molar-refractivity contribution in [2.45, 2.75) is 45.8 Å². The Bertz CT molecular complexity index is 209. The Morgan fingerprint density at radius 3 is 2.54 bits per heavy atom. The van der Waals surface area contributed by atoms with Crippen LogP contribution in [0.3, 0.4) is 0 Å². The molecule has 0 spiro atoms. The van der Waals surface area contributed by atoms with Crippen LogP contribution in [0.2, 0.25) is 0 Å². The first-order chi connectivity index (χ1) is 6.01. The van der Waals surface area contributed by atoms with Gasteiger partial charge in [-0.15, -0.1) is 0 Å². The molecule has 0 heterocycles. The molecule has 1 rings (SSSR count). The lowest BCUT2D eigenvalue weighted by Gasteiger charge is -2.33. The quantitative estimate of drug-likeness (QED) is 0.515. The van der Waals surface area contributed by atoms with Crippen molar-refractivity contribution in [3.05, 3.63) is 0 Å². The van der Waals surface area contributed by atoms with Crippen molar-refractivity contribution >= 4 is 17.4 Å². The van der Waals surface area contributed by atoms with E-state index in [4.69, 9.17) is 4.74 Å². The Morgan fingerprint density at radius 1 is 1.46 bits per heavy atom. The van der Waals surface area contributed by atoms with E-state index < -0.39 is 0 Å². The van der Waals surface area contributed by atoms with E-state index in [-0.39, 0.29) is 5.41 Å². The highest BCUT2D eigenvalue weighted by atomic mass is 32.1. The molecule has 0 aromatic heterocycles. The van der Waals surface area contributed by atoms with Crippen molar-refractivity contribution in [1.29, 1.82) is 0 Å². The molecule has 1 saturated carbocycles. The summed E-state index contributed by atoms with van der Waals surface area (Å²) in [6, 6.07) is 0.377. The zero-order valence-electron chi connectivity index (χ0n) is 8.54. The lowest BCUT2D eigenvalue weighted by atomic mass is 9.89. The van der Waals surface area contributed by atoms with Crippen LogP contribution in [0.1, 0.15) is 33.6 Å². The molecule has 1 fully saturated rings. The Hall–Kier alpha value is -0.240. The Kier molecular flexibility index (Phi) is 3.60. The fourth-order valence-electron chi connectivity index (χ4n) is 1.22. The van der Waals surface area contributed by atoms with Crippen LogP contribution in [0, 0.1) is 5.41 Å². The van der Waals surface area contributed by atoms with E-state index in [1.54, 1.807) is 0 Å². The Labute approximate surface area is 85.4 Å². The van der Waals surface area contributed by atoms with E-state index in [0.717, 1.165) is 19.4 Å². The summed E-state index contributed by atoms with van der Waals surface area (Å²) in [5, 5.41) is 2.42. The first kappa shape index (κ1) is 10.8. The zero-order valence-corrected chi connectivity index (χ0v) is 9.36. The third kappa shape index (κ3) is 3.99. The lowest BCUT2D eigenvalue weighted by molar-refractivity contribution is -0.0388. The van der Waals surface area contributed by atoms with Crippen molar-refractivity contribution in [2.75, 3.05) is 6.61 Å². The molecule has 0 N–H and O–H groups in total. The summed E-state index contributed by atoms with van der Waals surface area (Å²) in [4.78, 5) is 4.01. The van der Waals surface area contributed by atoms with Gasteiger partial charge in [0.2, 0.25) is 0 Å². The van der Waals surface area contributed by atoms with Crippen LogP contribution in [0.5, 0.6) is 0 Å². The van der Waals surface area contributed by atoms with E-state index in [2.05, 4.69) is 43.1 Å². The lowest BCUT2D eigenvalue weighted by Crippen LogP contribution is -2.36. The van der Waals surface area contributed by atoms with E-state index in [9.17, 15) is 0 Å². The highest BCUT2D eigenvalue weighted by Crippen LogP contribution is 2.27. The standard InChI is InChI=1S/C10H17NOS/c1-10(2,3)6-12-9-4-8(5-9)11-7-13/h8-9H,4-6H2,1-3H3/t8-,9-. The van der Waals surface area contributed by atoms with Crippen LogP contribution < -0.4 is 0 Å². The number of nitrogens with zero attached hydrogens (tertiary/aromatic N) is 1.